The SMILES string of the molecule is C=N/C=C(/C#N)c1c(C)c(-c2ccc(Oc3ccccc3)cc2)nn1[C@@H]1CCCNC1. The van der Waals surface area contributed by atoms with Crippen LogP contribution in [0.25, 0.3) is 16.8 Å². The van der Waals surface area contributed by atoms with Gasteiger partial charge in [-0.2, -0.15) is 10.4 Å². The number of piperidine rings is 1. The lowest BCUT2D eigenvalue weighted by Crippen LogP contribution is -2.32. The Bertz CT molecular complexity index is 1120. The van der Waals surface area contributed by atoms with E-state index in [-0.39, 0.29) is 6.04 Å². The summed E-state index contributed by atoms with van der Waals surface area (Å²) < 4.78 is 7.90. The number of benzene rings is 2. The van der Waals surface area contributed by atoms with E-state index >= 15 is 0 Å². The Morgan fingerprint density at radius 2 is 1.97 bits per heavy atom. The van der Waals surface area contributed by atoms with Crippen molar-refractivity contribution in [1.29, 1.82) is 5.26 Å². The van der Waals surface area contributed by atoms with Crippen LogP contribution < -0.4 is 10.1 Å². The van der Waals surface area contributed by atoms with Crippen molar-refractivity contribution in [3.63, 3.8) is 0 Å². The van der Waals surface area contributed by atoms with Gasteiger partial charge in [-0.15, -0.1) is 0 Å². The number of nitriles is 1. The molecule has 0 saturated carbocycles. The number of para-hydroxylation sites is 1. The third kappa shape index (κ3) is 4.42. The molecule has 1 N–H and O–H groups in total. The monoisotopic (exact) mass is 411 g/mol. The molecule has 1 fully saturated rings. The first-order valence-corrected chi connectivity index (χ1v) is 10.4. The molecule has 0 radical (unpaired) electrons. The molecule has 156 valence electrons. The minimum atomic E-state index is 0.193. The Morgan fingerprint density at radius 3 is 2.61 bits per heavy atom. The number of allylic oxidation sites excluding steroid dienone is 1. The lowest BCUT2D eigenvalue weighted by molar-refractivity contribution is 0.345. The summed E-state index contributed by atoms with van der Waals surface area (Å²) in [5, 5.41) is 18.1. The van der Waals surface area contributed by atoms with E-state index in [1.54, 1.807) is 0 Å². The highest BCUT2D eigenvalue weighted by atomic mass is 16.5. The zero-order valence-electron chi connectivity index (χ0n) is 17.6. The van der Waals surface area contributed by atoms with Crippen LogP contribution in [0, 0.1) is 18.3 Å². The van der Waals surface area contributed by atoms with Gasteiger partial charge in [0.2, 0.25) is 0 Å². The van der Waals surface area contributed by atoms with Gasteiger partial charge in [-0.3, -0.25) is 9.67 Å². The Kier molecular flexibility index (Phi) is 6.25. The first kappa shape index (κ1) is 20.6. The highest BCUT2D eigenvalue weighted by Gasteiger charge is 2.25. The molecule has 1 aliphatic heterocycles. The van der Waals surface area contributed by atoms with Crippen LogP contribution in [0.1, 0.15) is 30.1 Å². The number of hydrogen-bond donors (Lipinski definition) is 1. The van der Waals surface area contributed by atoms with Gasteiger partial charge in [0.15, 0.2) is 0 Å². The van der Waals surface area contributed by atoms with Crippen molar-refractivity contribution >= 4 is 12.3 Å². The van der Waals surface area contributed by atoms with E-state index in [1.165, 1.54) is 6.20 Å². The topological polar surface area (TPSA) is 75.2 Å². The van der Waals surface area contributed by atoms with Gasteiger partial charge < -0.3 is 10.1 Å². The van der Waals surface area contributed by atoms with Gasteiger partial charge in [-0.25, -0.2) is 0 Å². The first-order chi connectivity index (χ1) is 15.2. The molecule has 1 atom stereocenters. The van der Waals surface area contributed by atoms with Gasteiger partial charge in [-0.1, -0.05) is 18.2 Å². The molecule has 1 saturated heterocycles. The molecule has 6 heteroatoms. The third-order valence-electron chi connectivity index (χ3n) is 5.47. The predicted molar refractivity (Wildman–Crippen MR) is 123 cm³/mol. The molecular weight excluding hydrogens is 386 g/mol. The number of aliphatic imine (C=N–C) groups is 1. The highest BCUT2D eigenvalue weighted by Crippen LogP contribution is 2.33. The average Bonchev–Trinajstić information content (AvgIpc) is 3.16. The summed E-state index contributed by atoms with van der Waals surface area (Å²) in [4.78, 5) is 3.84. The van der Waals surface area contributed by atoms with Gasteiger partial charge in [0.05, 0.1) is 23.0 Å². The number of nitrogens with zero attached hydrogens (tertiary/aromatic N) is 4. The van der Waals surface area contributed by atoms with Crippen LogP contribution in [0.4, 0.5) is 0 Å². The molecule has 2 heterocycles. The maximum atomic E-state index is 9.73. The molecule has 0 bridgehead atoms. The molecule has 0 amide bonds. The standard InChI is InChI=1S/C25H25N5O/c1-18-24(19-10-12-23(13-11-19)31-22-8-4-3-5-9-22)29-30(21-7-6-14-28-17-21)25(18)20(15-26)16-27-2/h3-5,8-13,16,21,28H,2,6-7,14,17H2,1H3/b20-16-/t21-/m1/s1. The number of rotatable bonds is 6. The lowest BCUT2D eigenvalue weighted by atomic mass is 10.0. The number of aromatic nitrogens is 2. The summed E-state index contributed by atoms with van der Waals surface area (Å²) in [7, 11) is 0. The minimum absolute atomic E-state index is 0.193. The Hall–Kier alpha value is -3.69. The molecule has 1 aliphatic rings. The van der Waals surface area contributed by atoms with Crippen molar-refractivity contribution in [2.45, 2.75) is 25.8 Å². The summed E-state index contributed by atoms with van der Waals surface area (Å²) >= 11 is 0. The van der Waals surface area contributed by atoms with Crippen LogP contribution >= 0.6 is 0 Å². The van der Waals surface area contributed by atoms with Crippen LogP contribution in [0.2, 0.25) is 0 Å². The second-order valence-electron chi connectivity index (χ2n) is 7.54. The highest BCUT2D eigenvalue weighted by molar-refractivity contribution is 5.81. The Labute approximate surface area is 182 Å². The number of hydrogen-bond acceptors (Lipinski definition) is 5. The lowest BCUT2D eigenvalue weighted by Gasteiger charge is -2.24. The van der Waals surface area contributed by atoms with Gasteiger partial charge in [0.25, 0.3) is 0 Å². The molecule has 0 spiro atoms. The molecule has 6 nitrogen and oxygen atoms in total. The van der Waals surface area contributed by atoms with E-state index in [0.717, 1.165) is 59.9 Å². The smallest absolute Gasteiger partial charge is 0.127 e. The largest absolute Gasteiger partial charge is 0.457 e. The zero-order chi connectivity index (χ0) is 21.6. The maximum absolute atomic E-state index is 9.73. The van der Waals surface area contributed by atoms with Crippen molar-refractivity contribution in [3.8, 4) is 28.8 Å². The third-order valence-corrected chi connectivity index (χ3v) is 5.47. The molecule has 31 heavy (non-hydrogen) atoms. The molecular formula is C25H25N5O. The Balaban J connectivity index is 1.71. The van der Waals surface area contributed by atoms with Crippen LogP contribution in [0.15, 0.2) is 65.8 Å². The van der Waals surface area contributed by atoms with Crippen LogP contribution in [-0.4, -0.2) is 29.6 Å². The number of ether oxygens (including phenoxy) is 1. The van der Waals surface area contributed by atoms with Crippen molar-refractivity contribution in [2.75, 3.05) is 13.1 Å². The molecule has 4 rings (SSSR count). The van der Waals surface area contributed by atoms with E-state index in [9.17, 15) is 5.26 Å². The fourth-order valence-corrected chi connectivity index (χ4v) is 3.96. The summed E-state index contributed by atoms with van der Waals surface area (Å²) in [6.45, 7) is 7.37. The average molecular weight is 412 g/mol. The van der Waals surface area contributed by atoms with E-state index in [2.05, 4.69) is 23.1 Å². The van der Waals surface area contributed by atoms with Crippen LogP contribution in [0.3, 0.4) is 0 Å². The summed E-state index contributed by atoms with van der Waals surface area (Å²) in [5.41, 5.74) is 4.07. The fraction of sp³-hybridized carbons (Fsp3) is 0.240. The van der Waals surface area contributed by atoms with Crippen LogP contribution in [0.5, 0.6) is 11.5 Å². The van der Waals surface area contributed by atoms with E-state index in [0.29, 0.717) is 5.57 Å². The predicted octanol–water partition coefficient (Wildman–Crippen LogP) is 5.14. The van der Waals surface area contributed by atoms with E-state index in [1.807, 2.05) is 66.2 Å². The maximum Gasteiger partial charge on any atom is 0.127 e. The van der Waals surface area contributed by atoms with Gasteiger partial charge in [0.1, 0.15) is 17.6 Å². The first-order valence-electron chi connectivity index (χ1n) is 10.4. The quantitative estimate of drug-likeness (QED) is 0.450. The number of nitrogens with one attached hydrogen (secondary N) is 1. The van der Waals surface area contributed by atoms with E-state index in [4.69, 9.17) is 9.84 Å². The second-order valence-corrected chi connectivity index (χ2v) is 7.54. The zero-order valence-corrected chi connectivity index (χ0v) is 17.6. The van der Waals surface area contributed by atoms with Crippen molar-refractivity contribution in [2.24, 2.45) is 4.99 Å². The van der Waals surface area contributed by atoms with Gasteiger partial charge in [0, 0.05) is 23.9 Å². The summed E-state index contributed by atoms with van der Waals surface area (Å²) in [5.74, 6) is 1.56. The fourth-order valence-electron chi connectivity index (χ4n) is 3.96. The van der Waals surface area contributed by atoms with Gasteiger partial charge in [-0.05, 0) is 69.4 Å². The molecule has 1 aromatic heterocycles. The molecule has 0 aliphatic carbocycles. The van der Waals surface area contributed by atoms with E-state index < -0.39 is 0 Å². The second kappa shape index (κ2) is 9.41. The summed E-state index contributed by atoms with van der Waals surface area (Å²) in [6.07, 6.45) is 3.61. The summed E-state index contributed by atoms with van der Waals surface area (Å²) in [6, 6.07) is 20.0. The Morgan fingerprint density at radius 1 is 1.23 bits per heavy atom. The van der Waals surface area contributed by atoms with Crippen molar-refractivity contribution in [1.82, 2.24) is 15.1 Å². The normalized spacial score (nSPS) is 16.5. The molecule has 3 aromatic rings. The van der Waals surface area contributed by atoms with Crippen molar-refractivity contribution in [3.05, 3.63) is 72.1 Å². The molecule has 0 unspecified atom stereocenters. The minimum Gasteiger partial charge on any atom is -0.457 e. The van der Waals surface area contributed by atoms with Gasteiger partial charge >= 0.3 is 0 Å². The molecule has 2 aromatic carbocycles. The van der Waals surface area contributed by atoms with Crippen LogP contribution in [-0.2, 0) is 0 Å². The van der Waals surface area contributed by atoms with Crippen molar-refractivity contribution < 1.29 is 4.74 Å².